The van der Waals surface area contributed by atoms with Crippen LogP contribution in [-0.4, -0.2) is 35.0 Å². The molecule has 0 radical (unpaired) electrons. The van der Waals surface area contributed by atoms with Crippen LogP contribution >= 0.6 is 0 Å². The minimum atomic E-state index is -0.929. The largest absolute Gasteiger partial charge is 0.384 e. The number of fused-ring (bicyclic) bond motifs is 1. The molecule has 0 saturated carbocycles. The van der Waals surface area contributed by atoms with E-state index >= 15 is 0 Å². The lowest BCUT2D eigenvalue weighted by molar-refractivity contribution is -0.134. The number of carbonyl (C=O) groups excluding carboxylic acids is 2. The number of aromatic nitrogens is 1. The first-order valence-corrected chi connectivity index (χ1v) is 9.89. The summed E-state index contributed by atoms with van der Waals surface area (Å²) in [7, 11) is 0. The van der Waals surface area contributed by atoms with Crippen molar-refractivity contribution < 1.29 is 14.7 Å². The van der Waals surface area contributed by atoms with E-state index in [0.29, 0.717) is 19.3 Å². The average molecular weight is 381 g/mol. The number of hydrogen-bond acceptors (Lipinski definition) is 5. The molecule has 1 aromatic heterocycles. The highest BCUT2D eigenvalue weighted by molar-refractivity contribution is 6.01. The number of piperidine rings is 2. The number of imide groups is 1. The maximum atomic E-state index is 12.2. The van der Waals surface area contributed by atoms with Crippen LogP contribution in [0.4, 0.5) is 0 Å². The predicted octanol–water partition coefficient (Wildman–Crippen LogP) is 2.27. The second-order valence-electron chi connectivity index (χ2n) is 8.80. The van der Waals surface area contributed by atoms with E-state index in [4.69, 9.17) is 0 Å². The van der Waals surface area contributed by atoms with Crippen molar-refractivity contribution in [2.75, 3.05) is 13.1 Å². The minimum absolute atomic E-state index is 0.219. The Morgan fingerprint density at radius 3 is 2.71 bits per heavy atom. The van der Waals surface area contributed by atoms with Gasteiger partial charge in [-0.3, -0.25) is 19.9 Å². The number of aliphatic hydroxyl groups is 1. The van der Waals surface area contributed by atoms with E-state index in [1.807, 2.05) is 25.1 Å². The number of nitrogens with zero attached hydrogens (tertiary/aromatic N) is 1. The quantitative estimate of drug-likeness (QED) is 0.694. The van der Waals surface area contributed by atoms with Gasteiger partial charge in [0.05, 0.1) is 17.0 Å². The molecule has 6 heteroatoms. The predicted molar refractivity (Wildman–Crippen MR) is 107 cm³/mol. The molecule has 2 saturated heterocycles. The zero-order chi connectivity index (χ0) is 20.1. The van der Waals surface area contributed by atoms with E-state index < -0.39 is 5.60 Å². The van der Waals surface area contributed by atoms with Crippen molar-refractivity contribution in [3.8, 4) is 0 Å². The number of amides is 2. The topological polar surface area (TPSA) is 91.3 Å². The monoisotopic (exact) mass is 381 g/mol. The van der Waals surface area contributed by atoms with Crippen LogP contribution in [0.2, 0.25) is 0 Å². The Labute approximate surface area is 164 Å². The molecule has 4 rings (SSSR count). The molecule has 2 unspecified atom stereocenters. The van der Waals surface area contributed by atoms with Crippen LogP contribution in [0.15, 0.2) is 24.4 Å². The maximum absolute atomic E-state index is 12.2. The molecule has 2 fully saturated rings. The maximum Gasteiger partial charge on any atom is 0.234 e. The van der Waals surface area contributed by atoms with Gasteiger partial charge in [0, 0.05) is 30.0 Å². The van der Waals surface area contributed by atoms with Gasteiger partial charge in [0.15, 0.2) is 0 Å². The van der Waals surface area contributed by atoms with Gasteiger partial charge in [-0.2, -0.15) is 0 Å². The molecule has 0 aliphatic carbocycles. The fraction of sp³-hybridized carbons (Fsp3) is 0.500. The molecule has 3 N–H and O–H groups in total. The molecule has 6 nitrogen and oxygen atoms in total. The minimum Gasteiger partial charge on any atom is -0.384 e. The Balaban J connectivity index is 1.79. The van der Waals surface area contributed by atoms with Gasteiger partial charge in [0.1, 0.15) is 0 Å². The Morgan fingerprint density at radius 2 is 2.00 bits per heavy atom. The van der Waals surface area contributed by atoms with E-state index in [1.165, 1.54) is 0 Å². The fourth-order valence-corrected chi connectivity index (χ4v) is 4.60. The molecule has 2 aromatic rings. The van der Waals surface area contributed by atoms with Gasteiger partial charge in [-0.15, -0.1) is 0 Å². The molecule has 2 atom stereocenters. The molecule has 2 amide bonds. The molecule has 0 spiro atoms. The number of aryl methyl sites for hydroxylation is 1. The molecule has 3 heterocycles. The molecule has 2 aliphatic rings. The van der Waals surface area contributed by atoms with E-state index in [0.717, 1.165) is 40.7 Å². The van der Waals surface area contributed by atoms with Gasteiger partial charge in [0.25, 0.3) is 0 Å². The molecule has 28 heavy (non-hydrogen) atoms. The zero-order valence-electron chi connectivity index (χ0n) is 16.6. The Morgan fingerprint density at radius 1 is 1.21 bits per heavy atom. The van der Waals surface area contributed by atoms with Crippen LogP contribution in [0.1, 0.15) is 55.7 Å². The highest BCUT2D eigenvalue weighted by Crippen LogP contribution is 2.45. The van der Waals surface area contributed by atoms with Crippen molar-refractivity contribution in [3.63, 3.8) is 0 Å². The van der Waals surface area contributed by atoms with Crippen LogP contribution in [0.3, 0.4) is 0 Å². The second-order valence-corrected chi connectivity index (χ2v) is 8.80. The van der Waals surface area contributed by atoms with Crippen molar-refractivity contribution in [1.82, 2.24) is 15.6 Å². The molecule has 1 aromatic carbocycles. The summed E-state index contributed by atoms with van der Waals surface area (Å²) >= 11 is 0. The SMILES string of the molecule is Cc1cc2ncc(C3CCC(=O)NC3=O)cc2cc1C1(O)CCNCC1(C)C. The number of pyridine rings is 1. The Bertz CT molecular complexity index is 969. The van der Waals surface area contributed by atoms with E-state index in [2.05, 4.69) is 29.5 Å². The van der Waals surface area contributed by atoms with Gasteiger partial charge in [0.2, 0.25) is 11.8 Å². The summed E-state index contributed by atoms with van der Waals surface area (Å²) in [5, 5.41) is 18.3. The van der Waals surface area contributed by atoms with Gasteiger partial charge < -0.3 is 10.4 Å². The summed E-state index contributed by atoms with van der Waals surface area (Å²) in [6, 6.07) is 6.01. The van der Waals surface area contributed by atoms with Crippen LogP contribution in [0, 0.1) is 12.3 Å². The highest BCUT2D eigenvalue weighted by Gasteiger charge is 2.47. The van der Waals surface area contributed by atoms with Crippen LogP contribution in [0.25, 0.3) is 10.9 Å². The normalized spacial score (nSPS) is 27.6. The lowest BCUT2D eigenvalue weighted by atomic mass is 9.66. The third kappa shape index (κ3) is 3.01. The first-order chi connectivity index (χ1) is 13.2. The molecule has 0 bridgehead atoms. The third-order valence-corrected chi connectivity index (χ3v) is 6.49. The molecule has 2 aliphatic heterocycles. The van der Waals surface area contributed by atoms with Crippen LogP contribution in [-0.2, 0) is 15.2 Å². The lowest BCUT2D eigenvalue weighted by Crippen LogP contribution is -2.54. The molecular formula is C22H27N3O3. The number of rotatable bonds is 2. The van der Waals surface area contributed by atoms with Crippen LogP contribution < -0.4 is 10.6 Å². The fourth-order valence-electron chi connectivity index (χ4n) is 4.60. The van der Waals surface area contributed by atoms with E-state index in [-0.39, 0.29) is 23.1 Å². The number of benzene rings is 1. The van der Waals surface area contributed by atoms with Gasteiger partial charge in [-0.1, -0.05) is 13.8 Å². The summed E-state index contributed by atoms with van der Waals surface area (Å²) in [5.41, 5.74) is 2.36. The smallest absolute Gasteiger partial charge is 0.234 e. The summed E-state index contributed by atoms with van der Waals surface area (Å²) in [4.78, 5) is 28.2. The third-order valence-electron chi connectivity index (χ3n) is 6.49. The van der Waals surface area contributed by atoms with Crippen molar-refractivity contribution in [2.24, 2.45) is 5.41 Å². The van der Waals surface area contributed by atoms with E-state index in [9.17, 15) is 14.7 Å². The molecular weight excluding hydrogens is 354 g/mol. The summed E-state index contributed by atoms with van der Waals surface area (Å²) in [6.45, 7) is 7.70. The number of hydrogen-bond donors (Lipinski definition) is 3. The molecule has 148 valence electrons. The van der Waals surface area contributed by atoms with Crippen molar-refractivity contribution in [3.05, 3.63) is 41.1 Å². The first-order valence-electron chi connectivity index (χ1n) is 9.89. The standard InChI is InChI=1S/C22H27N3O3/c1-13-8-18-14(10-17(13)22(28)6-7-23-12-21(22,2)3)9-15(11-24-18)16-4-5-19(26)25-20(16)27/h8-11,16,23,28H,4-7,12H2,1-3H3,(H,25,26,27). The van der Waals surface area contributed by atoms with Gasteiger partial charge in [-0.05, 0) is 61.2 Å². The Hall–Kier alpha value is -2.31. The first kappa shape index (κ1) is 19.0. The van der Waals surface area contributed by atoms with Gasteiger partial charge in [-0.25, -0.2) is 0 Å². The van der Waals surface area contributed by atoms with Gasteiger partial charge >= 0.3 is 0 Å². The second kappa shape index (κ2) is 6.64. The van der Waals surface area contributed by atoms with Crippen molar-refractivity contribution in [2.45, 2.75) is 51.6 Å². The highest BCUT2D eigenvalue weighted by atomic mass is 16.3. The van der Waals surface area contributed by atoms with E-state index in [1.54, 1.807) is 6.20 Å². The van der Waals surface area contributed by atoms with Crippen molar-refractivity contribution >= 4 is 22.7 Å². The summed E-state index contributed by atoms with van der Waals surface area (Å²) in [6.07, 6.45) is 3.21. The Kier molecular flexibility index (Phi) is 4.51. The zero-order valence-corrected chi connectivity index (χ0v) is 16.6. The lowest BCUT2D eigenvalue weighted by Gasteiger charge is -2.47. The summed E-state index contributed by atoms with van der Waals surface area (Å²) < 4.78 is 0. The number of carbonyl (C=O) groups is 2. The number of nitrogens with one attached hydrogen (secondary N) is 2. The van der Waals surface area contributed by atoms with Crippen LogP contribution in [0.5, 0.6) is 0 Å². The average Bonchev–Trinajstić information content (AvgIpc) is 2.63. The van der Waals surface area contributed by atoms with Crippen molar-refractivity contribution in [1.29, 1.82) is 0 Å². The summed E-state index contributed by atoms with van der Waals surface area (Å²) in [5.74, 6) is -0.844.